The van der Waals surface area contributed by atoms with Crippen LogP contribution in [-0.4, -0.2) is 31.4 Å². The highest BCUT2D eigenvalue weighted by atomic mass is 35.5. The van der Waals surface area contributed by atoms with Crippen molar-refractivity contribution in [1.29, 1.82) is 0 Å². The lowest BCUT2D eigenvalue weighted by Gasteiger charge is -2.16. The average molecular weight is 485 g/mol. The number of aromatic nitrogens is 4. The summed E-state index contributed by atoms with van der Waals surface area (Å²) < 4.78 is 10.3. The van der Waals surface area contributed by atoms with Gasteiger partial charge in [-0.1, -0.05) is 47.5 Å². The first kappa shape index (κ1) is 21.9. The molecule has 33 heavy (non-hydrogen) atoms. The van der Waals surface area contributed by atoms with Gasteiger partial charge < -0.3 is 9.30 Å². The van der Waals surface area contributed by atoms with E-state index in [9.17, 15) is 9.59 Å². The maximum absolute atomic E-state index is 13.6. The van der Waals surface area contributed by atoms with Crippen molar-refractivity contribution in [2.45, 2.75) is 39.0 Å². The quantitative estimate of drug-likeness (QED) is 0.425. The maximum Gasteiger partial charge on any atom is 0.337 e. The Balaban J connectivity index is 1.73. The average Bonchev–Trinajstić information content (AvgIpc) is 3.45. The number of nitrogens with zero attached hydrogens (tertiary/aromatic N) is 4. The molecule has 2 aromatic carbocycles. The molecule has 1 fully saturated rings. The summed E-state index contributed by atoms with van der Waals surface area (Å²) >= 11 is 12.2. The van der Waals surface area contributed by atoms with Crippen LogP contribution < -0.4 is 11.2 Å². The number of hydrogen-bond donors (Lipinski definition) is 0. The van der Waals surface area contributed by atoms with E-state index in [0.29, 0.717) is 40.0 Å². The zero-order chi connectivity index (χ0) is 23.1. The molecule has 0 unspecified atom stereocenters. The minimum atomic E-state index is -0.419. The first-order valence-corrected chi connectivity index (χ1v) is 11.5. The molecule has 1 atom stereocenters. The summed E-state index contributed by atoms with van der Waals surface area (Å²) in [5.74, 6) is 0. The van der Waals surface area contributed by atoms with Crippen LogP contribution in [0, 0.1) is 6.92 Å². The van der Waals surface area contributed by atoms with Gasteiger partial charge in [0.2, 0.25) is 0 Å². The van der Waals surface area contributed by atoms with Crippen LogP contribution >= 0.6 is 23.2 Å². The van der Waals surface area contributed by atoms with E-state index in [4.69, 9.17) is 27.9 Å². The molecular formula is C24H22Cl2N4O3. The van der Waals surface area contributed by atoms with Crippen molar-refractivity contribution >= 4 is 34.4 Å². The highest BCUT2D eigenvalue weighted by molar-refractivity contribution is 6.42. The topological polar surface area (TPSA) is 71.1 Å². The Morgan fingerprint density at radius 1 is 1.12 bits per heavy atom. The molecule has 5 rings (SSSR count). The zero-order valence-corrected chi connectivity index (χ0v) is 19.5. The predicted molar refractivity (Wildman–Crippen MR) is 129 cm³/mol. The fraction of sp³-hybridized carbons (Fsp3) is 0.292. The van der Waals surface area contributed by atoms with Gasteiger partial charge in [0.25, 0.3) is 5.56 Å². The van der Waals surface area contributed by atoms with Crippen LogP contribution in [0.4, 0.5) is 0 Å². The maximum atomic E-state index is 13.6. The molecule has 0 N–H and O–H groups in total. The first-order chi connectivity index (χ1) is 15.9. The highest BCUT2D eigenvalue weighted by Gasteiger charge is 2.24. The third-order valence-electron chi connectivity index (χ3n) is 6.00. The summed E-state index contributed by atoms with van der Waals surface area (Å²) in [6, 6.07) is 12.9. The van der Waals surface area contributed by atoms with Crippen LogP contribution in [0.15, 0.2) is 58.4 Å². The van der Waals surface area contributed by atoms with Crippen molar-refractivity contribution in [3.63, 3.8) is 0 Å². The van der Waals surface area contributed by atoms with E-state index in [1.807, 2.05) is 37.3 Å². The van der Waals surface area contributed by atoms with Crippen LogP contribution in [0.3, 0.4) is 0 Å². The van der Waals surface area contributed by atoms with E-state index >= 15 is 0 Å². The minimum absolute atomic E-state index is 0.162. The van der Waals surface area contributed by atoms with Crippen LogP contribution in [-0.2, 0) is 17.8 Å². The van der Waals surface area contributed by atoms with Crippen LogP contribution in [0.25, 0.3) is 16.9 Å². The monoisotopic (exact) mass is 484 g/mol. The van der Waals surface area contributed by atoms with Crippen LogP contribution in [0.2, 0.25) is 10.0 Å². The minimum Gasteiger partial charge on any atom is -0.376 e. The Bertz CT molecular complexity index is 1470. The normalized spacial score (nSPS) is 16.0. The number of halogens is 2. The Morgan fingerprint density at radius 2 is 1.94 bits per heavy atom. The molecule has 170 valence electrons. The molecule has 9 heteroatoms. The van der Waals surface area contributed by atoms with Crippen molar-refractivity contribution in [1.82, 2.24) is 18.7 Å². The van der Waals surface area contributed by atoms with E-state index in [2.05, 4.69) is 4.98 Å². The van der Waals surface area contributed by atoms with Crippen LogP contribution in [0.5, 0.6) is 0 Å². The second-order valence-corrected chi connectivity index (χ2v) is 9.06. The van der Waals surface area contributed by atoms with E-state index in [1.54, 1.807) is 23.0 Å². The summed E-state index contributed by atoms with van der Waals surface area (Å²) in [7, 11) is 0. The van der Waals surface area contributed by atoms with E-state index in [0.717, 1.165) is 24.0 Å². The summed E-state index contributed by atoms with van der Waals surface area (Å²) in [6.07, 6.45) is 3.16. The number of imidazole rings is 1. The molecule has 1 saturated heterocycles. The molecule has 2 aromatic heterocycles. The molecule has 0 amide bonds. The van der Waals surface area contributed by atoms with Crippen molar-refractivity contribution in [3.05, 3.63) is 90.8 Å². The Hall–Kier alpha value is -2.87. The van der Waals surface area contributed by atoms with Gasteiger partial charge >= 0.3 is 5.69 Å². The molecular weight excluding hydrogens is 463 g/mol. The lowest BCUT2D eigenvalue weighted by molar-refractivity contribution is 0.0950. The molecule has 0 saturated carbocycles. The molecule has 1 aliphatic heterocycles. The second kappa shape index (κ2) is 8.82. The number of benzene rings is 2. The SMILES string of the molecule is Cc1ccccc1-n1c(=O)n(C[C@@H]2CCCO2)c(=O)c2c1ncn2Cc1ccc(Cl)c(Cl)c1. The van der Waals surface area contributed by atoms with Gasteiger partial charge in [0.05, 0.1) is 34.7 Å². The third kappa shape index (κ3) is 4.01. The Morgan fingerprint density at radius 3 is 2.67 bits per heavy atom. The van der Waals surface area contributed by atoms with Gasteiger partial charge in [0.1, 0.15) is 0 Å². The van der Waals surface area contributed by atoms with Gasteiger partial charge in [-0.05, 0) is 49.1 Å². The number of rotatable bonds is 5. The van der Waals surface area contributed by atoms with Crippen molar-refractivity contribution in [2.24, 2.45) is 0 Å². The zero-order valence-electron chi connectivity index (χ0n) is 18.0. The van der Waals surface area contributed by atoms with Crippen molar-refractivity contribution in [3.8, 4) is 5.69 Å². The fourth-order valence-corrected chi connectivity index (χ4v) is 4.64. The second-order valence-electron chi connectivity index (χ2n) is 8.25. The van der Waals surface area contributed by atoms with E-state index in [-0.39, 0.29) is 18.2 Å². The van der Waals surface area contributed by atoms with Gasteiger partial charge in [-0.25, -0.2) is 14.3 Å². The fourth-order valence-electron chi connectivity index (χ4n) is 4.32. The standard InChI is InChI=1S/C24H22Cl2N4O3/c1-15-5-2-3-7-20(15)30-22-21(23(31)29(24(30)32)13-17-6-4-10-33-17)28(14-27-22)12-16-8-9-18(25)19(26)11-16/h2-3,5,7-9,11,14,17H,4,6,10,12-13H2,1H3/t17-/m0/s1. The molecule has 0 spiro atoms. The third-order valence-corrected chi connectivity index (χ3v) is 6.74. The number of hydrogen-bond acceptors (Lipinski definition) is 4. The summed E-state index contributed by atoms with van der Waals surface area (Å²) in [6.45, 7) is 3.13. The molecule has 1 aliphatic rings. The van der Waals surface area contributed by atoms with E-state index in [1.165, 1.54) is 9.13 Å². The smallest absolute Gasteiger partial charge is 0.337 e. The van der Waals surface area contributed by atoms with Crippen LogP contribution in [0.1, 0.15) is 24.0 Å². The van der Waals surface area contributed by atoms with Crippen molar-refractivity contribution < 1.29 is 4.74 Å². The number of aryl methyl sites for hydroxylation is 1. The first-order valence-electron chi connectivity index (χ1n) is 10.8. The lowest BCUT2D eigenvalue weighted by Crippen LogP contribution is -2.42. The highest BCUT2D eigenvalue weighted by Crippen LogP contribution is 2.24. The largest absolute Gasteiger partial charge is 0.376 e. The van der Waals surface area contributed by atoms with Gasteiger partial charge in [-0.2, -0.15) is 0 Å². The Labute approximate surface area is 199 Å². The Kier molecular flexibility index (Phi) is 5.86. The van der Waals surface area contributed by atoms with Gasteiger partial charge in [0, 0.05) is 13.2 Å². The lowest BCUT2D eigenvalue weighted by atomic mass is 10.2. The molecule has 7 nitrogen and oxygen atoms in total. The number of fused-ring (bicyclic) bond motifs is 1. The van der Waals surface area contributed by atoms with Gasteiger partial charge in [-0.15, -0.1) is 0 Å². The summed E-state index contributed by atoms with van der Waals surface area (Å²) in [5.41, 5.74) is 2.33. The predicted octanol–water partition coefficient (Wildman–Crippen LogP) is 4.19. The van der Waals surface area contributed by atoms with Crippen molar-refractivity contribution in [2.75, 3.05) is 6.61 Å². The summed E-state index contributed by atoms with van der Waals surface area (Å²) in [5, 5.41) is 0.898. The number of para-hydroxylation sites is 1. The summed E-state index contributed by atoms with van der Waals surface area (Å²) in [4.78, 5) is 31.7. The molecule has 0 bridgehead atoms. The molecule has 4 aromatic rings. The van der Waals surface area contributed by atoms with E-state index < -0.39 is 5.69 Å². The van der Waals surface area contributed by atoms with Gasteiger partial charge in [-0.3, -0.25) is 9.36 Å². The molecule has 3 heterocycles. The molecule has 0 radical (unpaired) electrons. The molecule has 0 aliphatic carbocycles. The number of ether oxygens (including phenoxy) is 1. The van der Waals surface area contributed by atoms with Gasteiger partial charge in [0.15, 0.2) is 11.2 Å².